The molecule has 5 aromatic rings. The van der Waals surface area contributed by atoms with Crippen LogP contribution in [0.3, 0.4) is 0 Å². The number of nitrogens with zero attached hydrogens (tertiary/aromatic N) is 6. The highest BCUT2D eigenvalue weighted by Gasteiger charge is 2.09. The molecule has 0 spiro atoms. The van der Waals surface area contributed by atoms with Gasteiger partial charge in [-0.3, -0.25) is 0 Å². The molecular weight excluding hydrogens is 444 g/mol. The Morgan fingerprint density at radius 2 is 1.12 bits per heavy atom. The van der Waals surface area contributed by atoms with Gasteiger partial charge in [0, 0.05) is 11.5 Å². The topological polar surface area (TPSA) is 87.7 Å². The van der Waals surface area contributed by atoms with Gasteiger partial charge in [0.05, 0.1) is 25.6 Å². The van der Waals surface area contributed by atoms with Crippen LogP contribution in [0, 0.1) is 0 Å². The van der Waals surface area contributed by atoms with E-state index in [0.29, 0.717) is 13.1 Å². The summed E-state index contributed by atoms with van der Waals surface area (Å²) in [4.78, 5) is 0. The van der Waals surface area contributed by atoms with E-state index in [1.165, 1.54) is 11.1 Å². The molecule has 162 valence electrons. The molecule has 0 aliphatic carbocycles. The van der Waals surface area contributed by atoms with Crippen LogP contribution in [0.15, 0.2) is 92.9 Å². The van der Waals surface area contributed by atoms with E-state index < -0.39 is 0 Å². The monoisotopic (exact) mass is 464 g/mol. The Bertz CT molecular complexity index is 1130. The zero-order valence-electron chi connectivity index (χ0n) is 17.1. The summed E-state index contributed by atoms with van der Waals surface area (Å²) in [7, 11) is 0. The fourth-order valence-electron chi connectivity index (χ4n) is 3.10. The van der Waals surface area contributed by atoms with Gasteiger partial charge in [-0.15, -0.1) is 20.4 Å². The smallest absolute Gasteiger partial charge is 0.191 e. The van der Waals surface area contributed by atoms with Gasteiger partial charge in [-0.25, -0.2) is 0 Å². The van der Waals surface area contributed by atoms with Gasteiger partial charge in [-0.05, 0) is 35.4 Å². The molecule has 5 rings (SSSR count). The molecule has 32 heavy (non-hydrogen) atoms. The van der Waals surface area contributed by atoms with E-state index in [-0.39, 0.29) is 0 Å². The summed E-state index contributed by atoms with van der Waals surface area (Å²) in [5, 5.41) is 18.3. The van der Waals surface area contributed by atoms with E-state index in [0.717, 1.165) is 33.3 Å². The van der Waals surface area contributed by atoms with E-state index in [2.05, 4.69) is 44.7 Å². The number of furan rings is 2. The van der Waals surface area contributed by atoms with Crippen molar-refractivity contribution in [2.75, 3.05) is 0 Å². The minimum Gasteiger partial charge on any atom is -0.467 e. The second-order valence-corrected chi connectivity index (χ2v) is 8.92. The van der Waals surface area contributed by atoms with Gasteiger partial charge in [0.1, 0.15) is 24.2 Å². The SMILES string of the molecule is c1coc(Cn2cnnc2SCc2ccc(CSc3nncn3Cc3ccco3)cc2)c1. The van der Waals surface area contributed by atoms with Crippen molar-refractivity contribution in [1.29, 1.82) is 0 Å². The van der Waals surface area contributed by atoms with Crippen molar-refractivity contribution >= 4 is 23.5 Å². The van der Waals surface area contributed by atoms with Gasteiger partial charge in [-0.1, -0.05) is 47.8 Å². The Morgan fingerprint density at radius 3 is 1.53 bits per heavy atom. The summed E-state index contributed by atoms with van der Waals surface area (Å²) in [6.45, 7) is 1.26. The van der Waals surface area contributed by atoms with Crippen LogP contribution in [-0.4, -0.2) is 29.5 Å². The van der Waals surface area contributed by atoms with E-state index in [1.54, 1.807) is 48.7 Å². The Kier molecular flexibility index (Phi) is 6.40. The Hall–Kier alpha value is -3.24. The molecule has 0 atom stereocenters. The van der Waals surface area contributed by atoms with Crippen LogP contribution in [0.1, 0.15) is 22.6 Å². The summed E-state index contributed by atoms with van der Waals surface area (Å²) in [6.07, 6.45) is 6.82. The van der Waals surface area contributed by atoms with Crippen molar-refractivity contribution in [2.24, 2.45) is 0 Å². The number of thioether (sulfide) groups is 2. The zero-order valence-corrected chi connectivity index (χ0v) is 18.7. The summed E-state index contributed by atoms with van der Waals surface area (Å²) >= 11 is 3.32. The molecule has 0 aliphatic rings. The molecule has 0 N–H and O–H groups in total. The second-order valence-electron chi connectivity index (χ2n) is 7.04. The summed E-state index contributed by atoms with van der Waals surface area (Å²) < 4.78 is 14.8. The van der Waals surface area contributed by atoms with Crippen LogP contribution >= 0.6 is 23.5 Å². The molecule has 0 unspecified atom stereocenters. The molecule has 0 saturated carbocycles. The molecule has 4 aromatic heterocycles. The number of hydrogen-bond acceptors (Lipinski definition) is 8. The molecule has 8 nitrogen and oxygen atoms in total. The first-order valence-corrected chi connectivity index (χ1v) is 11.9. The van der Waals surface area contributed by atoms with E-state index >= 15 is 0 Å². The molecular formula is C22H20N6O2S2. The maximum Gasteiger partial charge on any atom is 0.191 e. The average molecular weight is 465 g/mol. The molecule has 0 radical (unpaired) electrons. The maximum atomic E-state index is 5.42. The van der Waals surface area contributed by atoms with Crippen LogP contribution in [0.25, 0.3) is 0 Å². The molecule has 0 aliphatic heterocycles. The van der Waals surface area contributed by atoms with Crippen LogP contribution in [0.2, 0.25) is 0 Å². The predicted molar refractivity (Wildman–Crippen MR) is 121 cm³/mol. The first kappa shape index (κ1) is 20.7. The number of aromatic nitrogens is 6. The number of rotatable bonds is 10. The van der Waals surface area contributed by atoms with E-state index in [9.17, 15) is 0 Å². The largest absolute Gasteiger partial charge is 0.467 e. The normalized spacial score (nSPS) is 11.2. The van der Waals surface area contributed by atoms with Crippen LogP contribution < -0.4 is 0 Å². The van der Waals surface area contributed by atoms with Gasteiger partial charge in [0.25, 0.3) is 0 Å². The Morgan fingerprint density at radius 1 is 0.656 bits per heavy atom. The molecule has 0 fully saturated rings. The number of benzene rings is 1. The highest BCUT2D eigenvalue weighted by Crippen LogP contribution is 2.24. The minimum atomic E-state index is 0.628. The van der Waals surface area contributed by atoms with Gasteiger partial charge in [0.15, 0.2) is 10.3 Å². The molecule has 1 aromatic carbocycles. The highest BCUT2D eigenvalue weighted by atomic mass is 32.2. The minimum absolute atomic E-state index is 0.628. The van der Waals surface area contributed by atoms with Crippen LogP contribution in [0.5, 0.6) is 0 Å². The molecule has 0 amide bonds. The lowest BCUT2D eigenvalue weighted by atomic mass is 10.2. The fraction of sp³-hybridized carbons (Fsp3) is 0.182. The lowest BCUT2D eigenvalue weighted by Crippen LogP contribution is -1.99. The van der Waals surface area contributed by atoms with Crippen molar-refractivity contribution in [2.45, 2.75) is 34.9 Å². The van der Waals surface area contributed by atoms with Crippen molar-refractivity contribution < 1.29 is 8.83 Å². The third-order valence-electron chi connectivity index (χ3n) is 4.73. The average Bonchev–Trinajstić information content (AvgIpc) is 3.62. The quantitative estimate of drug-likeness (QED) is 0.274. The van der Waals surface area contributed by atoms with Gasteiger partial charge in [0.2, 0.25) is 0 Å². The van der Waals surface area contributed by atoms with Crippen molar-refractivity contribution in [3.63, 3.8) is 0 Å². The standard InChI is InChI=1S/C22H20N6O2S2/c1-3-19(29-9-1)11-27-15-23-25-21(27)31-13-17-5-7-18(8-6-17)14-32-22-26-24-16-28(22)12-20-4-2-10-30-20/h1-10,15-16H,11-14H2. The van der Waals surface area contributed by atoms with Crippen molar-refractivity contribution in [1.82, 2.24) is 29.5 Å². The third kappa shape index (κ3) is 5.14. The van der Waals surface area contributed by atoms with E-state index in [4.69, 9.17) is 8.83 Å². The predicted octanol–water partition coefficient (Wildman–Crippen LogP) is 4.74. The van der Waals surface area contributed by atoms with E-state index in [1.807, 2.05) is 33.4 Å². The summed E-state index contributed by atoms with van der Waals surface area (Å²) in [6, 6.07) is 16.3. The lowest BCUT2D eigenvalue weighted by Gasteiger charge is -2.07. The Balaban J connectivity index is 1.14. The maximum absolute atomic E-state index is 5.42. The summed E-state index contributed by atoms with van der Waals surface area (Å²) in [5.74, 6) is 3.41. The molecule has 10 heteroatoms. The van der Waals surface area contributed by atoms with Crippen LogP contribution in [-0.2, 0) is 24.6 Å². The first-order valence-electron chi connectivity index (χ1n) is 9.97. The van der Waals surface area contributed by atoms with Crippen LogP contribution in [0.4, 0.5) is 0 Å². The molecule has 4 heterocycles. The highest BCUT2D eigenvalue weighted by molar-refractivity contribution is 7.98. The lowest BCUT2D eigenvalue weighted by molar-refractivity contribution is 0.484. The third-order valence-corrected chi connectivity index (χ3v) is 6.84. The van der Waals surface area contributed by atoms with Crippen molar-refractivity contribution in [3.05, 3.63) is 96.4 Å². The van der Waals surface area contributed by atoms with Gasteiger partial charge in [-0.2, -0.15) is 0 Å². The van der Waals surface area contributed by atoms with Crippen molar-refractivity contribution in [3.8, 4) is 0 Å². The second kappa shape index (κ2) is 9.92. The molecule has 0 saturated heterocycles. The number of hydrogen-bond donors (Lipinski definition) is 0. The van der Waals surface area contributed by atoms with Gasteiger partial charge >= 0.3 is 0 Å². The fourth-order valence-corrected chi connectivity index (χ4v) is 4.84. The van der Waals surface area contributed by atoms with Gasteiger partial charge < -0.3 is 18.0 Å². The Labute approximate surface area is 193 Å². The first-order chi connectivity index (χ1) is 15.8. The zero-order chi connectivity index (χ0) is 21.6. The molecule has 0 bridgehead atoms. The summed E-state index contributed by atoms with van der Waals surface area (Å²) in [5.41, 5.74) is 2.47.